The quantitative estimate of drug-likeness (QED) is 0.635. The van der Waals surface area contributed by atoms with Gasteiger partial charge in [0.2, 0.25) is 0 Å². The Morgan fingerprint density at radius 3 is 2.76 bits per heavy atom. The molecule has 152 valence electrons. The maximum Gasteiger partial charge on any atom is 0.161 e. The molecule has 6 heteroatoms. The van der Waals surface area contributed by atoms with Gasteiger partial charge < -0.3 is 14.8 Å². The van der Waals surface area contributed by atoms with Gasteiger partial charge >= 0.3 is 0 Å². The van der Waals surface area contributed by atoms with E-state index in [9.17, 15) is 0 Å². The van der Waals surface area contributed by atoms with Gasteiger partial charge in [-0.1, -0.05) is 43.3 Å². The number of nitrogens with one attached hydrogen (secondary N) is 1. The number of fused-ring (bicyclic) bond motifs is 1. The molecule has 4 rings (SSSR count). The van der Waals surface area contributed by atoms with Crippen molar-refractivity contribution in [2.75, 3.05) is 7.11 Å². The van der Waals surface area contributed by atoms with E-state index in [1.165, 1.54) is 5.56 Å². The Morgan fingerprint density at radius 1 is 1.10 bits per heavy atom. The van der Waals surface area contributed by atoms with Gasteiger partial charge in [-0.15, -0.1) is 0 Å². The van der Waals surface area contributed by atoms with Crippen LogP contribution in [0.2, 0.25) is 0 Å². The van der Waals surface area contributed by atoms with Gasteiger partial charge in [0.05, 0.1) is 13.7 Å². The number of aryl methyl sites for hydroxylation is 2. The van der Waals surface area contributed by atoms with E-state index in [4.69, 9.17) is 9.47 Å². The number of aromatic nitrogens is 3. The SMILES string of the molecule is CCc1nc2n(n1)CC(NCc1ccc(OC)c(OCc3ccccc3)c1)CC2. The van der Waals surface area contributed by atoms with Crippen LogP contribution in [-0.2, 0) is 32.5 Å². The Morgan fingerprint density at radius 2 is 1.97 bits per heavy atom. The summed E-state index contributed by atoms with van der Waals surface area (Å²) in [7, 11) is 1.67. The summed E-state index contributed by atoms with van der Waals surface area (Å²) in [5, 5.41) is 8.25. The lowest BCUT2D eigenvalue weighted by Gasteiger charge is -2.24. The molecule has 1 N–H and O–H groups in total. The summed E-state index contributed by atoms with van der Waals surface area (Å²) < 4.78 is 13.6. The van der Waals surface area contributed by atoms with Gasteiger partial charge in [-0.3, -0.25) is 0 Å². The van der Waals surface area contributed by atoms with Crippen LogP contribution in [-0.4, -0.2) is 27.9 Å². The standard InChI is InChI=1S/C23H28N4O2/c1-3-22-25-23-12-10-19(15-27(23)26-22)24-14-18-9-11-20(28-2)21(13-18)29-16-17-7-5-4-6-8-17/h4-9,11,13,19,24H,3,10,12,14-16H2,1-2H3. The van der Waals surface area contributed by atoms with Crippen molar-refractivity contribution in [3.63, 3.8) is 0 Å². The van der Waals surface area contributed by atoms with Crippen LogP contribution in [0.1, 0.15) is 36.1 Å². The first kappa shape index (κ1) is 19.5. The number of hydrogen-bond donors (Lipinski definition) is 1. The van der Waals surface area contributed by atoms with Gasteiger partial charge in [0.15, 0.2) is 17.3 Å². The van der Waals surface area contributed by atoms with Crippen LogP contribution in [0.4, 0.5) is 0 Å². The third kappa shape index (κ3) is 4.77. The number of benzene rings is 2. The van der Waals surface area contributed by atoms with Crippen LogP contribution in [0.5, 0.6) is 11.5 Å². The summed E-state index contributed by atoms with van der Waals surface area (Å²) in [6.07, 6.45) is 2.93. The van der Waals surface area contributed by atoms with Crippen LogP contribution >= 0.6 is 0 Å². The highest BCUT2D eigenvalue weighted by Crippen LogP contribution is 2.29. The molecule has 3 aromatic rings. The minimum absolute atomic E-state index is 0.393. The van der Waals surface area contributed by atoms with E-state index in [1.807, 2.05) is 24.3 Å². The minimum atomic E-state index is 0.393. The van der Waals surface area contributed by atoms with Crippen LogP contribution in [0.25, 0.3) is 0 Å². The van der Waals surface area contributed by atoms with E-state index in [-0.39, 0.29) is 0 Å². The Bertz CT molecular complexity index is 939. The Labute approximate surface area is 171 Å². The summed E-state index contributed by atoms with van der Waals surface area (Å²) in [5.74, 6) is 3.57. The lowest BCUT2D eigenvalue weighted by Crippen LogP contribution is -2.37. The number of rotatable bonds is 8. The summed E-state index contributed by atoms with van der Waals surface area (Å²) in [4.78, 5) is 4.59. The first-order valence-corrected chi connectivity index (χ1v) is 10.2. The van der Waals surface area contributed by atoms with E-state index in [0.29, 0.717) is 12.6 Å². The largest absolute Gasteiger partial charge is 0.493 e. The number of nitrogens with zero attached hydrogens (tertiary/aromatic N) is 3. The average Bonchev–Trinajstić information content (AvgIpc) is 3.19. The molecule has 1 unspecified atom stereocenters. The first-order chi connectivity index (χ1) is 14.2. The molecule has 0 fully saturated rings. The van der Waals surface area contributed by atoms with Crippen molar-refractivity contribution < 1.29 is 9.47 Å². The molecule has 1 aliphatic rings. The second kappa shape index (κ2) is 9.09. The molecule has 0 aliphatic carbocycles. The van der Waals surface area contributed by atoms with Gasteiger partial charge in [-0.2, -0.15) is 5.10 Å². The lowest BCUT2D eigenvalue weighted by atomic mass is 10.1. The van der Waals surface area contributed by atoms with Crippen molar-refractivity contribution in [1.82, 2.24) is 20.1 Å². The van der Waals surface area contributed by atoms with E-state index < -0.39 is 0 Å². The molecule has 29 heavy (non-hydrogen) atoms. The highest BCUT2D eigenvalue weighted by atomic mass is 16.5. The molecule has 1 aliphatic heterocycles. The molecular formula is C23H28N4O2. The Balaban J connectivity index is 1.37. The van der Waals surface area contributed by atoms with Crippen LogP contribution in [0.3, 0.4) is 0 Å². The zero-order chi connectivity index (χ0) is 20.1. The molecule has 0 saturated heterocycles. The topological polar surface area (TPSA) is 61.2 Å². The molecule has 0 saturated carbocycles. The molecule has 2 aromatic carbocycles. The maximum absolute atomic E-state index is 6.03. The normalized spacial score (nSPS) is 15.7. The molecule has 0 spiro atoms. The molecular weight excluding hydrogens is 364 g/mol. The van der Waals surface area contributed by atoms with Crippen LogP contribution < -0.4 is 14.8 Å². The second-order valence-electron chi connectivity index (χ2n) is 7.36. The molecule has 0 radical (unpaired) electrons. The molecule has 1 aromatic heterocycles. The third-order valence-corrected chi connectivity index (χ3v) is 5.28. The summed E-state index contributed by atoms with van der Waals surface area (Å²) >= 11 is 0. The maximum atomic E-state index is 6.03. The van der Waals surface area contributed by atoms with E-state index >= 15 is 0 Å². The van der Waals surface area contributed by atoms with Gasteiger partial charge in [-0.05, 0) is 29.7 Å². The van der Waals surface area contributed by atoms with E-state index in [1.54, 1.807) is 7.11 Å². The highest BCUT2D eigenvalue weighted by Gasteiger charge is 2.21. The van der Waals surface area contributed by atoms with Crippen molar-refractivity contribution in [3.8, 4) is 11.5 Å². The van der Waals surface area contributed by atoms with Crippen molar-refractivity contribution in [2.45, 2.75) is 51.9 Å². The van der Waals surface area contributed by atoms with Crippen LogP contribution in [0, 0.1) is 0 Å². The fraction of sp³-hybridized carbons (Fsp3) is 0.391. The minimum Gasteiger partial charge on any atom is -0.493 e. The average molecular weight is 393 g/mol. The van der Waals surface area contributed by atoms with Gasteiger partial charge in [-0.25, -0.2) is 9.67 Å². The highest BCUT2D eigenvalue weighted by molar-refractivity contribution is 5.43. The molecule has 6 nitrogen and oxygen atoms in total. The smallest absolute Gasteiger partial charge is 0.161 e. The van der Waals surface area contributed by atoms with Gasteiger partial charge in [0.25, 0.3) is 0 Å². The second-order valence-corrected chi connectivity index (χ2v) is 7.36. The van der Waals surface area contributed by atoms with Crippen molar-refractivity contribution in [1.29, 1.82) is 0 Å². The van der Waals surface area contributed by atoms with Gasteiger partial charge in [0.1, 0.15) is 12.4 Å². The fourth-order valence-corrected chi connectivity index (χ4v) is 3.62. The Hall–Kier alpha value is -2.86. The number of ether oxygens (including phenoxy) is 2. The Kier molecular flexibility index (Phi) is 6.10. The lowest BCUT2D eigenvalue weighted by molar-refractivity contribution is 0.284. The fourth-order valence-electron chi connectivity index (χ4n) is 3.62. The summed E-state index contributed by atoms with van der Waals surface area (Å²) in [5.41, 5.74) is 2.31. The predicted octanol–water partition coefficient (Wildman–Crippen LogP) is 3.53. The monoisotopic (exact) mass is 392 g/mol. The molecule has 1 atom stereocenters. The predicted molar refractivity (Wildman–Crippen MR) is 112 cm³/mol. The zero-order valence-electron chi connectivity index (χ0n) is 17.1. The van der Waals surface area contributed by atoms with Crippen molar-refractivity contribution in [2.24, 2.45) is 0 Å². The zero-order valence-corrected chi connectivity index (χ0v) is 17.1. The number of methoxy groups -OCH3 is 1. The first-order valence-electron chi connectivity index (χ1n) is 10.2. The van der Waals surface area contributed by atoms with Crippen molar-refractivity contribution >= 4 is 0 Å². The molecule has 0 amide bonds. The third-order valence-electron chi connectivity index (χ3n) is 5.28. The number of hydrogen-bond acceptors (Lipinski definition) is 5. The van der Waals surface area contributed by atoms with Crippen molar-refractivity contribution in [3.05, 3.63) is 71.3 Å². The van der Waals surface area contributed by atoms with E-state index in [0.717, 1.165) is 61.1 Å². The molecule has 0 bridgehead atoms. The van der Waals surface area contributed by atoms with Gasteiger partial charge in [0, 0.05) is 25.4 Å². The van der Waals surface area contributed by atoms with E-state index in [2.05, 4.69) is 51.3 Å². The summed E-state index contributed by atoms with van der Waals surface area (Å²) in [6.45, 7) is 4.26. The summed E-state index contributed by atoms with van der Waals surface area (Å²) in [6, 6.07) is 16.7. The molecule has 2 heterocycles. The van der Waals surface area contributed by atoms with Crippen LogP contribution in [0.15, 0.2) is 48.5 Å².